The molecule has 0 saturated carbocycles. The molecule has 3 heteroatoms. The molecule has 0 aliphatic heterocycles. The number of aromatic nitrogens is 2. The molecule has 1 aromatic rings. The van der Waals surface area contributed by atoms with Crippen LogP contribution in [0.3, 0.4) is 0 Å². The number of hydrogen-bond donors (Lipinski definition) is 0. The van der Waals surface area contributed by atoms with Gasteiger partial charge in [-0.3, -0.25) is 0 Å². The average molecular weight is 264 g/mol. The van der Waals surface area contributed by atoms with Crippen molar-refractivity contribution >= 4 is 0 Å². The Labute approximate surface area is 117 Å². The number of hydrogen-bond acceptors (Lipinski definition) is 3. The lowest BCUT2D eigenvalue weighted by molar-refractivity contribution is 0.0634. The molecule has 1 atom stereocenters. The van der Waals surface area contributed by atoms with Gasteiger partial charge < -0.3 is 4.74 Å². The topological polar surface area (TPSA) is 35.0 Å². The van der Waals surface area contributed by atoms with Crippen LogP contribution in [-0.4, -0.2) is 15.6 Å². The van der Waals surface area contributed by atoms with E-state index in [1.807, 2.05) is 0 Å². The zero-order valence-corrected chi connectivity index (χ0v) is 12.7. The monoisotopic (exact) mass is 264 g/mol. The van der Waals surface area contributed by atoms with Crippen LogP contribution < -0.4 is 4.74 Å². The Morgan fingerprint density at radius 3 is 2.21 bits per heavy atom. The summed E-state index contributed by atoms with van der Waals surface area (Å²) in [6.45, 7) is 6.69. The van der Waals surface area contributed by atoms with E-state index in [-0.39, 0.29) is 5.60 Å². The molecule has 0 fully saturated rings. The van der Waals surface area contributed by atoms with Crippen molar-refractivity contribution in [3.05, 3.63) is 18.7 Å². The van der Waals surface area contributed by atoms with Crippen molar-refractivity contribution in [1.29, 1.82) is 0 Å². The molecule has 0 amide bonds. The number of ether oxygens (including phenoxy) is 1. The summed E-state index contributed by atoms with van der Waals surface area (Å²) in [4.78, 5) is 8.05. The van der Waals surface area contributed by atoms with Crippen molar-refractivity contribution in [2.24, 2.45) is 0 Å². The summed E-state index contributed by atoms with van der Waals surface area (Å²) in [5.41, 5.74) is -0.0749. The van der Waals surface area contributed by atoms with Gasteiger partial charge in [-0.1, -0.05) is 39.5 Å². The van der Waals surface area contributed by atoms with Gasteiger partial charge in [-0.25, -0.2) is 9.97 Å². The highest BCUT2D eigenvalue weighted by Gasteiger charge is 2.25. The maximum atomic E-state index is 6.16. The Bertz CT molecular complexity index is 329. The van der Waals surface area contributed by atoms with Gasteiger partial charge in [0.25, 0.3) is 0 Å². The average Bonchev–Trinajstić information content (AvgIpc) is 2.43. The Balaban J connectivity index is 2.53. The molecule has 0 radical (unpaired) electrons. The number of rotatable bonds is 10. The Morgan fingerprint density at radius 2 is 1.58 bits per heavy atom. The van der Waals surface area contributed by atoms with Crippen molar-refractivity contribution in [3.8, 4) is 5.75 Å². The molecule has 108 valence electrons. The summed E-state index contributed by atoms with van der Waals surface area (Å²) in [6.07, 6.45) is 14.8. The number of unbranched alkanes of at least 4 members (excludes halogenated alkanes) is 4. The molecule has 1 rings (SSSR count). The van der Waals surface area contributed by atoms with Crippen molar-refractivity contribution in [2.45, 2.75) is 77.7 Å². The summed E-state index contributed by atoms with van der Waals surface area (Å²) in [7, 11) is 0. The lowest BCUT2D eigenvalue weighted by Crippen LogP contribution is -2.32. The number of nitrogens with zero attached hydrogens (tertiary/aromatic N) is 2. The first kappa shape index (κ1) is 15.9. The van der Waals surface area contributed by atoms with Gasteiger partial charge in [-0.2, -0.15) is 0 Å². The van der Waals surface area contributed by atoms with Crippen LogP contribution in [0.5, 0.6) is 5.75 Å². The molecule has 19 heavy (non-hydrogen) atoms. The molecule has 0 saturated heterocycles. The second kappa shape index (κ2) is 8.89. The minimum atomic E-state index is -0.0749. The zero-order valence-electron chi connectivity index (χ0n) is 12.7. The fourth-order valence-corrected chi connectivity index (χ4v) is 2.33. The minimum absolute atomic E-state index is 0.0749. The normalized spacial score (nSPS) is 14.1. The van der Waals surface area contributed by atoms with E-state index < -0.39 is 0 Å². The van der Waals surface area contributed by atoms with Gasteiger partial charge in [-0.05, 0) is 32.6 Å². The summed E-state index contributed by atoms with van der Waals surface area (Å²) in [5, 5.41) is 0. The van der Waals surface area contributed by atoms with E-state index in [1.54, 1.807) is 12.4 Å². The molecule has 3 nitrogen and oxygen atoms in total. The fourth-order valence-electron chi connectivity index (χ4n) is 2.33. The summed E-state index contributed by atoms with van der Waals surface area (Å²) >= 11 is 0. The highest BCUT2D eigenvalue weighted by molar-refractivity contribution is 5.11. The third kappa shape index (κ3) is 6.55. The Morgan fingerprint density at radius 1 is 0.947 bits per heavy atom. The van der Waals surface area contributed by atoms with Crippen LogP contribution in [0.2, 0.25) is 0 Å². The van der Waals surface area contributed by atoms with Crippen LogP contribution in [0.1, 0.15) is 72.1 Å². The van der Waals surface area contributed by atoms with Gasteiger partial charge in [0.15, 0.2) is 5.75 Å². The van der Waals surface area contributed by atoms with Crippen molar-refractivity contribution < 1.29 is 4.74 Å². The molecule has 0 spiro atoms. The lowest BCUT2D eigenvalue weighted by atomic mass is 9.92. The predicted octanol–water partition coefficient (Wildman–Crippen LogP) is 4.77. The SMILES string of the molecule is CCCCCCC(C)(CCCC)Oc1cncnc1. The summed E-state index contributed by atoms with van der Waals surface area (Å²) in [5.74, 6) is 0.789. The van der Waals surface area contributed by atoms with Crippen molar-refractivity contribution in [1.82, 2.24) is 9.97 Å². The van der Waals surface area contributed by atoms with E-state index in [0.717, 1.165) is 18.6 Å². The molecule has 0 N–H and O–H groups in total. The summed E-state index contributed by atoms with van der Waals surface area (Å²) < 4.78 is 6.16. The maximum Gasteiger partial charge on any atom is 0.156 e. The first-order valence-corrected chi connectivity index (χ1v) is 7.64. The standard InChI is InChI=1S/C16H28N2O/c1-4-6-8-9-11-16(3,10-7-5-2)19-15-12-17-14-18-13-15/h12-14H,4-11H2,1-3H3. The predicted molar refractivity (Wildman–Crippen MR) is 79.3 cm³/mol. The van der Waals surface area contributed by atoms with E-state index >= 15 is 0 Å². The van der Waals surface area contributed by atoms with Crippen LogP contribution in [0.15, 0.2) is 18.7 Å². The molecular formula is C16H28N2O. The van der Waals surface area contributed by atoms with Gasteiger partial charge in [-0.15, -0.1) is 0 Å². The smallest absolute Gasteiger partial charge is 0.156 e. The van der Waals surface area contributed by atoms with E-state index in [4.69, 9.17) is 4.74 Å². The Kier molecular flexibility index (Phi) is 7.46. The quantitative estimate of drug-likeness (QED) is 0.571. The molecule has 0 aliphatic carbocycles. The second-order valence-corrected chi connectivity index (χ2v) is 5.54. The van der Waals surface area contributed by atoms with Crippen LogP contribution in [-0.2, 0) is 0 Å². The van der Waals surface area contributed by atoms with Crippen LogP contribution in [0, 0.1) is 0 Å². The zero-order chi connectivity index (χ0) is 14.0. The highest BCUT2D eigenvalue weighted by Crippen LogP contribution is 2.27. The second-order valence-electron chi connectivity index (χ2n) is 5.54. The molecular weight excluding hydrogens is 236 g/mol. The molecule has 0 aliphatic rings. The van der Waals surface area contributed by atoms with E-state index in [0.29, 0.717) is 0 Å². The molecule has 1 heterocycles. The van der Waals surface area contributed by atoms with Crippen molar-refractivity contribution in [2.75, 3.05) is 0 Å². The molecule has 1 unspecified atom stereocenters. The highest BCUT2D eigenvalue weighted by atomic mass is 16.5. The maximum absolute atomic E-state index is 6.16. The molecule has 1 aromatic heterocycles. The van der Waals surface area contributed by atoms with Gasteiger partial charge in [0.05, 0.1) is 12.4 Å². The lowest BCUT2D eigenvalue weighted by Gasteiger charge is -2.30. The van der Waals surface area contributed by atoms with Gasteiger partial charge in [0, 0.05) is 0 Å². The van der Waals surface area contributed by atoms with Crippen LogP contribution in [0.4, 0.5) is 0 Å². The third-order valence-corrected chi connectivity index (χ3v) is 3.52. The van der Waals surface area contributed by atoms with Gasteiger partial charge in [0.2, 0.25) is 0 Å². The van der Waals surface area contributed by atoms with E-state index in [2.05, 4.69) is 30.7 Å². The third-order valence-electron chi connectivity index (χ3n) is 3.52. The minimum Gasteiger partial charge on any atom is -0.484 e. The largest absolute Gasteiger partial charge is 0.484 e. The van der Waals surface area contributed by atoms with Crippen LogP contribution in [0.25, 0.3) is 0 Å². The van der Waals surface area contributed by atoms with E-state index in [1.165, 1.54) is 44.9 Å². The molecule has 0 bridgehead atoms. The van der Waals surface area contributed by atoms with Gasteiger partial charge in [0.1, 0.15) is 11.9 Å². The fraction of sp³-hybridized carbons (Fsp3) is 0.750. The first-order valence-electron chi connectivity index (χ1n) is 7.64. The van der Waals surface area contributed by atoms with Gasteiger partial charge >= 0.3 is 0 Å². The van der Waals surface area contributed by atoms with E-state index in [9.17, 15) is 0 Å². The van der Waals surface area contributed by atoms with Crippen molar-refractivity contribution in [3.63, 3.8) is 0 Å². The first-order chi connectivity index (χ1) is 9.20. The molecule has 0 aromatic carbocycles. The Hall–Kier alpha value is -1.12. The van der Waals surface area contributed by atoms with Crippen LogP contribution >= 0.6 is 0 Å². The summed E-state index contributed by atoms with van der Waals surface area (Å²) in [6, 6.07) is 0.